The number of rotatable bonds is 6. The lowest BCUT2D eigenvalue weighted by Crippen LogP contribution is -2.39. The molecule has 1 fully saturated rings. The molecule has 2 aromatic rings. The summed E-state index contributed by atoms with van der Waals surface area (Å²) in [6.45, 7) is 0.943. The quantitative estimate of drug-likeness (QED) is 0.605. The molecule has 0 saturated heterocycles. The monoisotopic (exact) mass is 458 g/mol. The van der Waals surface area contributed by atoms with Crippen LogP contribution in [0.2, 0.25) is 0 Å². The minimum Gasteiger partial charge on any atom is -0.420 e. The zero-order valence-electron chi connectivity index (χ0n) is 17.2. The standard InChI is InChI=1S/C23H21ClF2N4O2/c24-23(25,26)32-18-6-4-16(5-7-18)28-22(31)15-12-14-9-11-30(17-2-1-3-17)21(14)19(13-15)20-8-10-27-29-20/h4-7,10,12-13,17H,1-3,8-9,11H2,(H,28,31). The Labute approximate surface area is 188 Å². The lowest BCUT2D eigenvalue weighted by atomic mass is 9.90. The van der Waals surface area contributed by atoms with Gasteiger partial charge in [0.1, 0.15) is 5.75 Å². The molecule has 0 radical (unpaired) electrons. The number of hydrogen-bond donors (Lipinski definition) is 1. The van der Waals surface area contributed by atoms with Crippen molar-refractivity contribution in [3.05, 3.63) is 53.1 Å². The van der Waals surface area contributed by atoms with Gasteiger partial charge in [0, 0.05) is 59.3 Å². The van der Waals surface area contributed by atoms with E-state index in [1.807, 2.05) is 12.1 Å². The van der Waals surface area contributed by atoms with Crippen molar-refractivity contribution in [1.29, 1.82) is 0 Å². The van der Waals surface area contributed by atoms with Crippen LogP contribution in [0.5, 0.6) is 5.75 Å². The first-order valence-electron chi connectivity index (χ1n) is 10.6. The van der Waals surface area contributed by atoms with E-state index in [0.29, 0.717) is 23.7 Å². The number of alkyl halides is 3. The third-order valence-corrected chi connectivity index (χ3v) is 6.15. The molecule has 32 heavy (non-hydrogen) atoms. The summed E-state index contributed by atoms with van der Waals surface area (Å²) in [5, 5.41) is 11.1. The van der Waals surface area contributed by atoms with Crippen LogP contribution in [-0.4, -0.2) is 36.0 Å². The maximum Gasteiger partial charge on any atom is 0.487 e. The number of carbonyl (C=O) groups excluding carboxylic acids is 1. The zero-order valence-corrected chi connectivity index (χ0v) is 17.9. The maximum absolute atomic E-state index is 13.0. The van der Waals surface area contributed by atoms with Gasteiger partial charge in [-0.1, -0.05) is 0 Å². The summed E-state index contributed by atoms with van der Waals surface area (Å²) in [5.41, 5.74) is 1.34. The minimum absolute atomic E-state index is 0.0989. The van der Waals surface area contributed by atoms with Gasteiger partial charge in [-0.05, 0) is 67.6 Å². The first-order chi connectivity index (χ1) is 15.4. The van der Waals surface area contributed by atoms with Crippen molar-refractivity contribution in [2.75, 3.05) is 16.8 Å². The molecule has 0 atom stereocenters. The molecule has 1 saturated carbocycles. The highest BCUT2D eigenvalue weighted by atomic mass is 35.5. The van der Waals surface area contributed by atoms with Crippen molar-refractivity contribution >= 4 is 40.8 Å². The molecule has 1 amide bonds. The van der Waals surface area contributed by atoms with E-state index in [-0.39, 0.29) is 11.7 Å². The molecule has 1 N–H and O–H groups in total. The number of ether oxygens (including phenoxy) is 1. The molecule has 2 heterocycles. The third-order valence-electron chi connectivity index (χ3n) is 6.08. The smallest absolute Gasteiger partial charge is 0.420 e. The van der Waals surface area contributed by atoms with Crippen LogP contribution in [0.3, 0.4) is 0 Å². The first-order valence-corrected chi connectivity index (χ1v) is 10.9. The van der Waals surface area contributed by atoms with Gasteiger partial charge in [0.2, 0.25) is 0 Å². The molecule has 3 aliphatic rings. The SMILES string of the molecule is O=C(Nc1ccc(OC(F)(F)Cl)cc1)c1cc2c(c(C3=NN=CC3)c1)N(C1CCC1)CC2. The van der Waals surface area contributed by atoms with Crippen molar-refractivity contribution in [2.24, 2.45) is 10.2 Å². The fourth-order valence-corrected chi connectivity index (χ4v) is 4.47. The Morgan fingerprint density at radius 2 is 2.00 bits per heavy atom. The van der Waals surface area contributed by atoms with Crippen LogP contribution < -0.4 is 15.0 Å². The average molecular weight is 459 g/mol. The van der Waals surface area contributed by atoms with Crippen molar-refractivity contribution in [1.82, 2.24) is 0 Å². The summed E-state index contributed by atoms with van der Waals surface area (Å²) < 4.78 is 29.8. The van der Waals surface area contributed by atoms with Gasteiger partial charge in [-0.2, -0.15) is 10.2 Å². The van der Waals surface area contributed by atoms with E-state index in [0.717, 1.165) is 29.8 Å². The van der Waals surface area contributed by atoms with E-state index in [1.165, 1.54) is 49.2 Å². The fourth-order valence-electron chi connectivity index (χ4n) is 4.38. The van der Waals surface area contributed by atoms with E-state index >= 15 is 0 Å². The maximum atomic E-state index is 13.0. The predicted molar refractivity (Wildman–Crippen MR) is 121 cm³/mol. The Hall–Kier alpha value is -3.00. The van der Waals surface area contributed by atoms with Crippen LogP contribution in [0.25, 0.3) is 0 Å². The predicted octanol–water partition coefficient (Wildman–Crippen LogP) is 5.20. The molecule has 2 aromatic carbocycles. The second-order valence-corrected chi connectivity index (χ2v) is 8.57. The van der Waals surface area contributed by atoms with Gasteiger partial charge in [-0.3, -0.25) is 4.79 Å². The molecule has 0 unspecified atom stereocenters. The molecular formula is C23H21ClF2N4O2. The van der Waals surface area contributed by atoms with Gasteiger partial charge >= 0.3 is 5.57 Å². The van der Waals surface area contributed by atoms with Crippen LogP contribution in [0.4, 0.5) is 20.2 Å². The fraction of sp³-hybridized carbons (Fsp3) is 0.348. The highest BCUT2D eigenvalue weighted by molar-refractivity contribution is 6.20. The number of fused-ring (bicyclic) bond motifs is 1. The van der Waals surface area contributed by atoms with E-state index in [4.69, 9.17) is 11.6 Å². The largest absolute Gasteiger partial charge is 0.487 e. The third kappa shape index (κ3) is 4.19. The number of nitrogens with zero attached hydrogens (tertiary/aromatic N) is 3. The molecule has 2 aliphatic heterocycles. The number of carbonyl (C=O) groups is 1. The van der Waals surface area contributed by atoms with Crippen LogP contribution in [-0.2, 0) is 6.42 Å². The summed E-state index contributed by atoms with van der Waals surface area (Å²) in [5.74, 6) is -0.384. The number of hydrogen-bond acceptors (Lipinski definition) is 5. The Kier molecular flexibility index (Phi) is 5.33. The van der Waals surface area contributed by atoms with Crippen molar-refractivity contribution in [3.63, 3.8) is 0 Å². The Bertz CT molecular complexity index is 1110. The molecule has 6 nitrogen and oxygen atoms in total. The second kappa shape index (κ2) is 8.16. The molecule has 9 heteroatoms. The van der Waals surface area contributed by atoms with E-state index in [1.54, 1.807) is 6.21 Å². The molecule has 0 bridgehead atoms. The van der Waals surface area contributed by atoms with E-state index < -0.39 is 5.57 Å². The van der Waals surface area contributed by atoms with Crippen LogP contribution in [0, 0.1) is 0 Å². The van der Waals surface area contributed by atoms with E-state index in [9.17, 15) is 13.6 Å². The van der Waals surface area contributed by atoms with Gasteiger partial charge < -0.3 is 15.0 Å². The van der Waals surface area contributed by atoms with Crippen LogP contribution in [0.15, 0.2) is 46.6 Å². The van der Waals surface area contributed by atoms with Crippen molar-refractivity contribution < 1.29 is 18.3 Å². The van der Waals surface area contributed by atoms with Crippen molar-refractivity contribution in [2.45, 2.75) is 43.7 Å². The molecule has 1 aliphatic carbocycles. The normalized spacial score (nSPS) is 17.7. The number of halogens is 3. The Balaban J connectivity index is 1.40. The lowest BCUT2D eigenvalue weighted by molar-refractivity contribution is -0.0964. The van der Waals surface area contributed by atoms with Crippen LogP contribution in [0.1, 0.15) is 47.2 Å². The van der Waals surface area contributed by atoms with Gasteiger partial charge in [-0.15, -0.1) is 8.78 Å². The first kappa shape index (κ1) is 20.9. The Morgan fingerprint density at radius 1 is 1.22 bits per heavy atom. The molecule has 0 spiro atoms. The molecule has 0 aromatic heterocycles. The lowest BCUT2D eigenvalue weighted by Gasteiger charge is -2.37. The summed E-state index contributed by atoms with van der Waals surface area (Å²) in [6.07, 6.45) is 6.93. The topological polar surface area (TPSA) is 66.3 Å². The molecule has 166 valence electrons. The summed E-state index contributed by atoms with van der Waals surface area (Å²) in [7, 11) is 0. The zero-order chi connectivity index (χ0) is 22.3. The number of benzene rings is 2. The van der Waals surface area contributed by atoms with Crippen LogP contribution >= 0.6 is 11.6 Å². The number of nitrogens with one attached hydrogen (secondary N) is 1. The highest BCUT2D eigenvalue weighted by Gasteiger charge is 2.34. The summed E-state index contributed by atoms with van der Waals surface area (Å²) in [4.78, 5) is 15.5. The van der Waals surface area contributed by atoms with Gasteiger partial charge in [0.05, 0.1) is 5.71 Å². The van der Waals surface area contributed by atoms with Gasteiger partial charge in [0.15, 0.2) is 0 Å². The number of amides is 1. The highest BCUT2D eigenvalue weighted by Crippen LogP contribution is 2.40. The van der Waals surface area contributed by atoms with Crippen molar-refractivity contribution in [3.8, 4) is 5.75 Å². The van der Waals surface area contributed by atoms with E-state index in [2.05, 4.69) is 25.2 Å². The molecular weight excluding hydrogens is 438 g/mol. The summed E-state index contributed by atoms with van der Waals surface area (Å²) >= 11 is 4.78. The molecule has 5 rings (SSSR count). The van der Waals surface area contributed by atoms with Gasteiger partial charge in [-0.25, -0.2) is 0 Å². The second-order valence-electron chi connectivity index (χ2n) is 8.13. The summed E-state index contributed by atoms with van der Waals surface area (Å²) in [6, 6.07) is 9.98. The average Bonchev–Trinajstić information content (AvgIpc) is 3.37. The minimum atomic E-state index is -3.79. The Morgan fingerprint density at radius 3 is 2.62 bits per heavy atom. The van der Waals surface area contributed by atoms with Gasteiger partial charge in [0.25, 0.3) is 5.91 Å². The number of anilines is 2.